The van der Waals surface area contributed by atoms with Gasteiger partial charge in [-0.1, -0.05) is 378 Å². The molecule has 92 heavy (non-hydrogen) atoms. The lowest BCUT2D eigenvalue weighted by Gasteiger charge is -2.28. The summed E-state index contributed by atoms with van der Waals surface area (Å²) < 4.78 is 34.4. The van der Waals surface area contributed by atoms with Crippen molar-refractivity contribution in [2.24, 2.45) is 0 Å². The van der Waals surface area contributed by atoms with Crippen LogP contribution >= 0.6 is 7.82 Å². The molecule has 0 saturated carbocycles. The number of unbranched alkanes of at least 4 members (excludes halogenated alkanes) is 57. The number of ether oxygens (including phenoxy) is 2. The second-order valence-corrected chi connectivity index (χ2v) is 30.5. The molecular formula is C82H158NO8P. The molecule has 0 aliphatic heterocycles. The van der Waals surface area contributed by atoms with E-state index in [9.17, 15) is 19.0 Å². The van der Waals surface area contributed by atoms with E-state index >= 15 is 0 Å². The molecule has 9 nitrogen and oxygen atoms in total. The van der Waals surface area contributed by atoms with Gasteiger partial charge in [0.05, 0.1) is 27.7 Å². The lowest BCUT2D eigenvalue weighted by molar-refractivity contribution is -0.870. The molecule has 0 fully saturated rings. The molecule has 0 rings (SSSR count). The summed E-state index contributed by atoms with van der Waals surface area (Å²) in [6.07, 6.45) is 95.7. The average Bonchev–Trinajstić information content (AvgIpc) is 2.34. The fourth-order valence-electron chi connectivity index (χ4n) is 12.4. The van der Waals surface area contributed by atoms with E-state index in [0.29, 0.717) is 17.4 Å². The van der Waals surface area contributed by atoms with Crippen LogP contribution in [0.3, 0.4) is 0 Å². The van der Waals surface area contributed by atoms with Crippen molar-refractivity contribution in [3.63, 3.8) is 0 Å². The Kier molecular flexibility index (Phi) is 72.1. The molecule has 0 aromatic heterocycles. The summed E-state index contributed by atoms with van der Waals surface area (Å²) >= 11 is 0. The molecule has 0 heterocycles. The molecule has 10 heteroatoms. The Labute approximate surface area is 573 Å². The highest BCUT2D eigenvalue weighted by Crippen LogP contribution is 2.38. The number of phosphoric ester groups is 1. The molecule has 0 radical (unpaired) electrons. The Bertz CT molecular complexity index is 1640. The van der Waals surface area contributed by atoms with Gasteiger partial charge in [0.25, 0.3) is 7.82 Å². The summed E-state index contributed by atoms with van der Waals surface area (Å²) in [7, 11) is 1.19. The second-order valence-electron chi connectivity index (χ2n) is 29.1. The molecule has 0 N–H and O–H groups in total. The second kappa shape index (κ2) is 73.5. The van der Waals surface area contributed by atoms with E-state index in [4.69, 9.17) is 18.5 Å². The predicted octanol–water partition coefficient (Wildman–Crippen LogP) is 26.3. The third-order valence-electron chi connectivity index (χ3n) is 18.6. The van der Waals surface area contributed by atoms with E-state index in [2.05, 4.69) is 50.3 Å². The van der Waals surface area contributed by atoms with Gasteiger partial charge in [-0.2, -0.15) is 0 Å². The highest BCUT2D eigenvalue weighted by atomic mass is 31.2. The molecule has 2 atom stereocenters. The Morgan fingerprint density at radius 2 is 0.587 bits per heavy atom. The van der Waals surface area contributed by atoms with Crippen LogP contribution in [0.2, 0.25) is 0 Å². The van der Waals surface area contributed by atoms with Gasteiger partial charge in [-0.15, -0.1) is 0 Å². The molecule has 544 valence electrons. The number of allylic oxidation sites excluding steroid dienone is 6. The number of esters is 2. The first-order valence-corrected chi connectivity index (χ1v) is 42.2. The molecular weight excluding hydrogens is 1160 g/mol. The van der Waals surface area contributed by atoms with E-state index in [1.54, 1.807) is 0 Å². The summed E-state index contributed by atoms with van der Waals surface area (Å²) in [5.41, 5.74) is 0. The number of nitrogens with zero attached hydrogens (tertiary/aromatic N) is 1. The molecule has 0 spiro atoms. The van der Waals surface area contributed by atoms with Gasteiger partial charge >= 0.3 is 11.9 Å². The van der Waals surface area contributed by atoms with Gasteiger partial charge in [-0.25, -0.2) is 0 Å². The standard InChI is InChI=1S/C82H158NO8P/c1-6-8-10-12-14-16-18-20-22-24-26-28-30-32-34-36-38-39-40-41-42-43-45-47-49-51-53-55-57-59-61-63-65-67-69-71-73-75-82(85)91-80(79-90-92(86,87)89-77-76-83(3,4)5)78-88-81(84)74-72-70-68-66-64-62-60-58-56-54-52-50-48-46-44-37-35-33-31-29-27-25-23-21-19-17-15-13-11-9-7-2/h18,20,24-27,80H,6-17,19,21-23,28-79H2,1-5H3/b20-18-,26-24-,27-25-. The molecule has 2 unspecified atom stereocenters. The van der Waals surface area contributed by atoms with Crippen molar-refractivity contribution in [3.8, 4) is 0 Å². The van der Waals surface area contributed by atoms with Crippen LogP contribution in [0.1, 0.15) is 425 Å². The summed E-state index contributed by atoms with van der Waals surface area (Å²) in [5, 5.41) is 0. The van der Waals surface area contributed by atoms with E-state index in [0.717, 1.165) is 38.5 Å². The summed E-state index contributed by atoms with van der Waals surface area (Å²) in [6, 6.07) is 0. The highest BCUT2D eigenvalue weighted by Gasteiger charge is 2.22. The largest absolute Gasteiger partial charge is 0.756 e. The molecule has 0 bridgehead atoms. The molecule has 0 aromatic carbocycles. The minimum atomic E-state index is -4.64. The number of rotatable bonds is 77. The summed E-state index contributed by atoms with van der Waals surface area (Å²) in [5.74, 6) is -0.806. The van der Waals surface area contributed by atoms with Gasteiger partial charge in [-0.3, -0.25) is 14.2 Å². The number of carbonyl (C=O) groups is 2. The number of phosphoric acid groups is 1. The van der Waals surface area contributed by atoms with E-state index in [1.807, 2.05) is 21.1 Å². The zero-order chi connectivity index (χ0) is 66.9. The van der Waals surface area contributed by atoms with Crippen molar-refractivity contribution in [1.82, 2.24) is 0 Å². The molecule has 0 amide bonds. The van der Waals surface area contributed by atoms with Crippen molar-refractivity contribution in [3.05, 3.63) is 36.5 Å². The zero-order valence-electron chi connectivity index (χ0n) is 62.3. The topological polar surface area (TPSA) is 111 Å². The first kappa shape index (κ1) is 90.2. The Morgan fingerprint density at radius 3 is 0.870 bits per heavy atom. The van der Waals surface area contributed by atoms with Gasteiger partial charge in [0, 0.05) is 12.8 Å². The number of hydrogen-bond donors (Lipinski definition) is 0. The Balaban J connectivity index is 3.89. The lowest BCUT2D eigenvalue weighted by Crippen LogP contribution is -2.37. The van der Waals surface area contributed by atoms with Crippen LogP contribution in [0.25, 0.3) is 0 Å². The summed E-state index contributed by atoms with van der Waals surface area (Å²) in [6.45, 7) is 4.31. The smallest absolute Gasteiger partial charge is 0.306 e. The van der Waals surface area contributed by atoms with Crippen molar-refractivity contribution in [2.75, 3.05) is 47.5 Å². The van der Waals surface area contributed by atoms with Crippen LogP contribution in [0.15, 0.2) is 36.5 Å². The van der Waals surface area contributed by atoms with E-state index < -0.39 is 26.5 Å². The fraction of sp³-hybridized carbons (Fsp3) is 0.902. The van der Waals surface area contributed by atoms with Crippen LogP contribution in [0, 0.1) is 0 Å². The van der Waals surface area contributed by atoms with Crippen molar-refractivity contribution >= 4 is 19.8 Å². The Hall–Kier alpha value is -1.77. The monoisotopic (exact) mass is 1320 g/mol. The number of quaternary nitrogens is 1. The first-order valence-electron chi connectivity index (χ1n) is 40.7. The number of hydrogen-bond acceptors (Lipinski definition) is 8. The maximum atomic E-state index is 12.9. The van der Waals surface area contributed by atoms with Crippen molar-refractivity contribution < 1.29 is 42.1 Å². The van der Waals surface area contributed by atoms with Gasteiger partial charge in [0.15, 0.2) is 6.10 Å². The molecule has 0 aliphatic carbocycles. The maximum Gasteiger partial charge on any atom is 0.306 e. The van der Waals surface area contributed by atoms with Gasteiger partial charge in [0.2, 0.25) is 0 Å². The summed E-state index contributed by atoms with van der Waals surface area (Å²) in [4.78, 5) is 38.2. The van der Waals surface area contributed by atoms with Crippen LogP contribution < -0.4 is 4.89 Å². The molecule has 0 saturated heterocycles. The fourth-order valence-corrected chi connectivity index (χ4v) is 13.1. The van der Waals surface area contributed by atoms with Crippen LogP contribution in [-0.2, 0) is 32.7 Å². The van der Waals surface area contributed by atoms with E-state index in [1.165, 1.54) is 353 Å². The van der Waals surface area contributed by atoms with Gasteiger partial charge in [-0.05, 0) is 70.6 Å². The van der Waals surface area contributed by atoms with Crippen LogP contribution in [0.4, 0.5) is 0 Å². The van der Waals surface area contributed by atoms with Crippen LogP contribution in [-0.4, -0.2) is 70.0 Å². The maximum absolute atomic E-state index is 12.9. The quantitative estimate of drug-likeness (QED) is 0.0195. The third-order valence-corrected chi connectivity index (χ3v) is 19.6. The number of carbonyl (C=O) groups excluding carboxylic acids is 2. The minimum absolute atomic E-state index is 0.0270. The predicted molar refractivity (Wildman–Crippen MR) is 398 cm³/mol. The minimum Gasteiger partial charge on any atom is -0.756 e. The lowest BCUT2D eigenvalue weighted by atomic mass is 10.0. The van der Waals surface area contributed by atoms with Crippen molar-refractivity contribution in [1.29, 1.82) is 0 Å². The molecule has 0 aliphatic rings. The number of likely N-dealkylation sites (N-methyl/N-ethyl adjacent to an activating group) is 1. The van der Waals surface area contributed by atoms with E-state index in [-0.39, 0.29) is 32.0 Å². The normalized spacial score (nSPS) is 13.2. The first-order chi connectivity index (χ1) is 45.0. The SMILES string of the molecule is CCCCCCC/C=C\C/C=C\CCCCCCCCCCCCCCCCCCCCCCCCCCCC(=O)OC(COC(=O)CCCCCCCCCCCCCCCCCCCCC/C=C\CCCCCCCCCC)COP(=O)([O-])OCC[N+](C)(C)C. The van der Waals surface area contributed by atoms with Crippen LogP contribution in [0.5, 0.6) is 0 Å². The molecule has 0 aromatic rings. The zero-order valence-corrected chi connectivity index (χ0v) is 63.2. The van der Waals surface area contributed by atoms with Gasteiger partial charge < -0.3 is 27.9 Å². The average molecular weight is 1320 g/mol. The third kappa shape index (κ3) is 77.2. The highest BCUT2D eigenvalue weighted by molar-refractivity contribution is 7.45. The Morgan fingerprint density at radius 1 is 0.337 bits per heavy atom. The van der Waals surface area contributed by atoms with Gasteiger partial charge in [0.1, 0.15) is 19.8 Å². The van der Waals surface area contributed by atoms with Crippen molar-refractivity contribution in [2.45, 2.75) is 431 Å².